The second kappa shape index (κ2) is 6.47. The van der Waals surface area contributed by atoms with E-state index in [1.807, 2.05) is 20.8 Å². The smallest absolute Gasteiger partial charge is 0.363 e. The molecule has 27 heavy (non-hydrogen) atoms. The molecule has 3 aromatic rings. The number of nitrogens with one attached hydrogen (secondary N) is 1. The SMILES string of the molecule is Cc1cc(NC(c2ccc(C(F)(F)F)c(F)c2)C(C)(C)C)n2ncnc2n1. The van der Waals surface area contributed by atoms with Gasteiger partial charge in [0.15, 0.2) is 0 Å². The Morgan fingerprint density at radius 1 is 1.11 bits per heavy atom. The van der Waals surface area contributed by atoms with Gasteiger partial charge in [0, 0.05) is 11.8 Å². The third-order valence-electron chi connectivity index (χ3n) is 4.17. The molecule has 2 aromatic heterocycles. The average Bonchev–Trinajstić information content (AvgIpc) is 2.98. The molecule has 0 saturated heterocycles. The molecule has 3 rings (SSSR count). The van der Waals surface area contributed by atoms with Crippen LogP contribution >= 0.6 is 0 Å². The lowest BCUT2D eigenvalue weighted by atomic mass is 9.82. The highest BCUT2D eigenvalue weighted by atomic mass is 19.4. The molecule has 0 aliphatic heterocycles. The number of nitrogens with zero attached hydrogens (tertiary/aromatic N) is 4. The maximum absolute atomic E-state index is 14.1. The average molecular weight is 381 g/mol. The lowest BCUT2D eigenvalue weighted by molar-refractivity contribution is -0.140. The highest BCUT2D eigenvalue weighted by Crippen LogP contribution is 2.38. The van der Waals surface area contributed by atoms with Gasteiger partial charge in [0.2, 0.25) is 0 Å². The number of anilines is 1. The first kappa shape index (κ1) is 19.1. The fourth-order valence-electron chi connectivity index (χ4n) is 2.92. The molecule has 1 unspecified atom stereocenters. The zero-order chi connectivity index (χ0) is 20.0. The summed E-state index contributed by atoms with van der Waals surface area (Å²) in [6.07, 6.45) is -3.38. The molecule has 1 atom stereocenters. The van der Waals surface area contributed by atoms with Gasteiger partial charge in [0.25, 0.3) is 5.78 Å². The summed E-state index contributed by atoms with van der Waals surface area (Å²) in [5.74, 6) is -0.341. The molecule has 0 bridgehead atoms. The quantitative estimate of drug-likeness (QED) is 0.663. The highest BCUT2D eigenvalue weighted by Gasteiger charge is 2.35. The van der Waals surface area contributed by atoms with Crippen molar-refractivity contribution in [2.24, 2.45) is 5.41 Å². The van der Waals surface area contributed by atoms with Crippen molar-refractivity contribution in [2.45, 2.75) is 39.9 Å². The van der Waals surface area contributed by atoms with Crippen molar-refractivity contribution < 1.29 is 17.6 Å². The van der Waals surface area contributed by atoms with Gasteiger partial charge in [-0.3, -0.25) is 0 Å². The molecule has 0 spiro atoms. The summed E-state index contributed by atoms with van der Waals surface area (Å²) in [5.41, 5.74) is -0.617. The Kier molecular flexibility index (Phi) is 4.57. The molecule has 144 valence electrons. The van der Waals surface area contributed by atoms with Crippen molar-refractivity contribution in [1.29, 1.82) is 0 Å². The summed E-state index contributed by atoms with van der Waals surface area (Å²) in [6.45, 7) is 7.52. The van der Waals surface area contributed by atoms with Crippen LogP contribution in [-0.4, -0.2) is 19.6 Å². The Morgan fingerprint density at radius 3 is 2.41 bits per heavy atom. The van der Waals surface area contributed by atoms with Gasteiger partial charge in [0.1, 0.15) is 18.0 Å². The number of hydrogen-bond acceptors (Lipinski definition) is 4. The van der Waals surface area contributed by atoms with Crippen molar-refractivity contribution >= 4 is 11.6 Å². The summed E-state index contributed by atoms with van der Waals surface area (Å²) in [5, 5.41) is 7.37. The van der Waals surface area contributed by atoms with Crippen LogP contribution in [0.1, 0.15) is 43.6 Å². The van der Waals surface area contributed by atoms with Gasteiger partial charge in [-0.1, -0.05) is 26.8 Å². The fourth-order valence-corrected chi connectivity index (χ4v) is 2.92. The minimum atomic E-state index is -4.73. The van der Waals surface area contributed by atoms with E-state index < -0.39 is 29.0 Å². The van der Waals surface area contributed by atoms with Gasteiger partial charge in [0.05, 0.1) is 11.6 Å². The van der Waals surface area contributed by atoms with Crippen LogP contribution in [0.5, 0.6) is 0 Å². The number of aryl methyl sites for hydroxylation is 1. The normalized spacial score (nSPS) is 13.8. The zero-order valence-electron chi connectivity index (χ0n) is 15.3. The van der Waals surface area contributed by atoms with Crippen molar-refractivity contribution in [3.05, 3.63) is 53.2 Å². The van der Waals surface area contributed by atoms with Crippen molar-refractivity contribution in [3.63, 3.8) is 0 Å². The van der Waals surface area contributed by atoms with Crippen LogP contribution in [-0.2, 0) is 6.18 Å². The van der Waals surface area contributed by atoms with E-state index in [0.717, 1.165) is 12.1 Å². The van der Waals surface area contributed by atoms with E-state index in [0.29, 0.717) is 22.9 Å². The van der Waals surface area contributed by atoms with E-state index in [9.17, 15) is 17.6 Å². The van der Waals surface area contributed by atoms with Crippen LogP contribution in [0.25, 0.3) is 5.78 Å². The standard InChI is InChI=1S/C18H19F4N5/c1-10-7-14(27-16(25-10)23-9-24-27)26-15(17(2,3)4)11-5-6-12(13(19)8-11)18(20,21)22/h5-9,15,26H,1-4H3. The molecular formula is C18H19F4N5. The summed E-state index contributed by atoms with van der Waals surface area (Å²) in [6, 6.07) is 4.26. The van der Waals surface area contributed by atoms with Gasteiger partial charge in [-0.25, -0.2) is 9.37 Å². The maximum Gasteiger partial charge on any atom is 0.419 e. The predicted molar refractivity (Wildman–Crippen MR) is 92.7 cm³/mol. The van der Waals surface area contributed by atoms with E-state index in [4.69, 9.17) is 0 Å². The lowest BCUT2D eigenvalue weighted by Gasteiger charge is -2.33. The molecule has 0 aliphatic carbocycles. The number of fused-ring (bicyclic) bond motifs is 1. The Bertz CT molecular complexity index is 972. The second-order valence-corrected chi connectivity index (χ2v) is 7.44. The fraction of sp³-hybridized carbons (Fsp3) is 0.389. The van der Waals surface area contributed by atoms with E-state index in [2.05, 4.69) is 20.4 Å². The van der Waals surface area contributed by atoms with Crippen LogP contribution in [0.3, 0.4) is 0 Å². The Hall–Kier alpha value is -2.71. The molecule has 0 fully saturated rings. The van der Waals surface area contributed by atoms with Gasteiger partial charge < -0.3 is 5.32 Å². The van der Waals surface area contributed by atoms with Gasteiger partial charge in [-0.15, -0.1) is 0 Å². The number of alkyl halides is 3. The third kappa shape index (κ3) is 3.86. The molecule has 9 heteroatoms. The first-order valence-corrected chi connectivity index (χ1v) is 8.27. The highest BCUT2D eigenvalue weighted by molar-refractivity contribution is 5.47. The number of aromatic nitrogens is 4. The lowest BCUT2D eigenvalue weighted by Crippen LogP contribution is -2.27. The van der Waals surface area contributed by atoms with Crippen molar-refractivity contribution in [3.8, 4) is 0 Å². The van der Waals surface area contributed by atoms with Gasteiger partial charge in [-0.2, -0.15) is 27.8 Å². The summed E-state index contributed by atoms with van der Waals surface area (Å²) >= 11 is 0. The molecule has 2 heterocycles. The number of rotatable bonds is 3. The summed E-state index contributed by atoms with van der Waals surface area (Å²) < 4.78 is 54.2. The maximum atomic E-state index is 14.1. The first-order valence-electron chi connectivity index (χ1n) is 8.27. The zero-order valence-corrected chi connectivity index (χ0v) is 15.3. The molecule has 0 radical (unpaired) electrons. The van der Waals surface area contributed by atoms with Gasteiger partial charge in [-0.05, 0) is 30.0 Å². The van der Waals surface area contributed by atoms with E-state index >= 15 is 0 Å². The number of benzene rings is 1. The molecular weight excluding hydrogens is 362 g/mol. The second-order valence-electron chi connectivity index (χ2n) is 7.44. The summed E-state index contributed by atoms with van der Waals surface area (Å²) in [4.78, 5) is 8.31. The van der Waals surface area contributed by atoms with Crippen LogP contribution in [0.15, 0.2) is 30.6 Å². The minimum absolute atomic E-state index is 0.392. The van der Waals surface area contributed by atoms with Crippen LogP contribution in [0, 0.1) is 18.2 Å². The number of hydrogen-bond donors (Lipinski definition) is 1. The van der Waals surface area contributed by atoms with Crippen LogP contribution in [0.4, 0.5) is 23.4 Å². The van der Waals surface area contributed by atoms with E-state index in [1.54, 1.807) is 13.0 Å². The van der Waals surface area contributed by atoms with E-state index in [-0.39, 0.29) is 0 Å². The first-order chi connectivity index (χ1) is 12.5. The topological polar surface area (TPSA) is 55.1 Å². The number of halogens is 4. The van der Waals surface area contributed by atoms with Crippen LogP contribution in [0.2, 0.25) is 0 Å². The monoisotopic (exact) mass is 381 g/mol. The molecule has 0 saturated carbocycles. The Labute approximate surface area is 153 Å². The molecule has 1 aromatic carbocycles. The molecule has 5 nitrogen and oxygen atoms in total. The Balaban J connectivity index is 2.05. The molecule has 0 aliphatic rings. The van der Waals surface area contributed by atoms with Crippen LogP contribution < -0.4 is 5.32 Å². The minimum Gasteiger partial charge on any atom is -0.363 e. The Morgan fingerprint density at radius 2 is 1.81 bits per heavy atom. The summed E-state index contributed by atoms with van der Waals surface area (Å²) in [7, 11) is 0. The molecule has 0 amide bonds. The largest absolute Gasteiger partial charge is 0.419 e. The van der Waals surface area contributed by atoms with Crippen molar-refractivity contribution in [1.82, 2.24) is 19.6 Å². The van der Waals surface area contributed by atoms with Crippen molar-refractivity contribution in [2.75, 3.05) is 5.32 Å². The van der Waals surface area contributed by atoms with E-state index in [1.165, 1.54) is 16.9 Å². The third-order valence-corrected chi connectivity index (χ3v) is 4.17. The predicted octanol–water partition coefficient (Wildman–Crippen LogP) is 4.79. The van der Waals surface area contributed by atoms with Gasteiger partial charge >= 0.3 is 6.18 Å². The molecule has 1 N–H and O–H groups in total.